The van der Waals surface area contributed by atoms with Crippen molar-refractivity contribution in [2.45, 2.75) is 26.2 Å². The topological polar surface area (TPSA) is 87.7 Å². The van der Waals surface area contributed by atoms with E-state index < -0.39 is 0 Å². The molecular weight excluding hydrogens is 182 g/mol. The van der Waals surface area contributed by atoms with Gasteiger partial charge in [-0.2, -0.15) is 0 Å². The first kappa shape index (κ1) is 10.8. The Morgan fingerprint density at radius 1 is 1.71 bits per heavy atom. The highest BCUT2D eigenvalue weighted by Gasteiger charge is 2.27. The first-order chi connectivity index (χ1) is 6.63. The van der Waals surface area contributed by atoms with Gasteiger partial charge in [-0.05, 0) is 24.7 Å². The molecule has 0 saturated heterocycles. The summed E-state index contributed by atoms with van der Waals surface area (Å²) in [6.07, 6.45) is 2.52. The third-order valence-electron chi connectivity index (χ3n) is 2.52. The van der Waals surface area contributed by atoms with Gasteiger partial charge in [0.05, 0.1) is 6.42 Å². The second-order valence-corrected chi connectivity index (χ2v) is 3.89. The molecule has 1 saturated carbocycles. The molecule has 0 aliphatic heterocycles. The van der Waals surface area contributed by atoms with Crippen LogP contribution in [0.25, 0.3) is 0 Å². The van der Waals surface area contributed by atoms with E-state index in [1.165, 1.54) is 12.8 Å². The molecule has 1 aliphatic carbocycles. The van der Waals surface area contributed by atoms with Crippen molar-refractivity contribution in [3.63, 3.8) is 0 Å². The number of nitrogens with zero attached hydrogens (tertiary/aromatic N) is 1. The Balaban J connectivity index is 2.13. The maximum Gasteiger partial charge on any atom is 0.227 e. The molecule has 0 bridgehead atoms. The summed E-state index contributed by atoms with van der Waals surface area (Å²) < 4.78 is 0. The van der Waals surface area contributed by atoms with Crippen molar-refractivity contribution >= 4 is 11.7 Å². The highest BCUT2D eigenvalue weighted by Crippen LogP contribution is 2.35. The highest BCUT2D eigenvalue weighted by atomic mass is 16.4. The van der Waals surface area contributed by atoms with E-state index in [9.17, 15) is 4.79 Å². The molecular formula is C9H17N3O2. The molecule has 1 atom stereocenters. The lowest BCUT2D eigenvalue weighted by atomic mass is 10.1. The molecule has 80 valence electrons. The third-order valence-corrected chi connectivity index (χ3v) is 2.52. The summed E-state index contributed by atoms with van der Waals surface area (Å²) in [6, 6.07) is 0. The second kappa shape index (κ2) is 4.83. The molecule has 1 rings (SSSR count). The summed E-state index contributed by atoms with van der Waals surface area (Å²) in [5, 5.41) is 13.7. The number of nitrogens with one attached hydrogen (secondary N) is 1. The van der Waals surface area contributed by atoms with Crippen molar-refractivity contribution < 1.29 is 10.0 Å². The van der Waals surface area contributed by atoms with Gasteiger partial charge in [-0.3, -0.25) is 4.79 Å². The van der Waals surface area contributed by atoms with Crippen LogP contribution >= 0.6 is 0 Å². The first-order valence-corrected chi connectivity index (χ1v) is 4.86. The van der Waals surface area contributed by atoms with Crippen LogP contribution in [-0.2, 0) is 4.79 Å². The van der Waals surface area contributed by atoms with E-state index in [-0.39, 0.29) is 18.2 Å². The minimum absolute atomic E-state index is 0.0338. The van der Waals surface area contributed by atoms with Gasteiger partial charge in [0, 0.05) is 6.54 Å². The highest BCUT2D eigenvalue weighted by molar-refractivity contribution is 5.98. The fraction of sp³-hybridized carbons (Fsp3) is 0.778. The minimum atomic E-state index is -0.187. The molecule has 5 nitrogen and oxygen atoms in total. The monoisotopic (exact) mass is 199 g/mol. The van der Waals surface area contributed by atoms with Crippen molar-refractivity contribution in [2.24, 2.45) is 22.7 Å². The maximum absolute atomic E-state index is 11.2. The lowest BCUT2D eigenvalue weighted by Crippen LogP contribution is -2.32. The number of carbonyl (C=O) groups excluding carboxylic acids is 1. The molecule has 1 amide bonds. The number of nitrogens with two attached hydrogens (primary N) is 1. The van der Waals surface area contributed by atoms with Gasteiger partial charge in [-0.15, -0.1) is 0 Å². The van der Waals surface area contributed by atoms with E-state index in [0.29, 0.717) is 12.5 Å². The summed E-state index contributed by atoms with van der Waals surface area (Å²) in [5.41, 5.74) is 5.19. The molecule has 14 heavy (non-hydrogen) atoms. The smallest absolute Gasteiger partial charge is 0.227 e. The number of carbonyl (C=O) groups is 1. The van der Waals surface area contributed by atoms with Crippen LogP contribution in [0.1, 0.15) is 26.2 Å². The Bertz CT molecular complexity index is 236. The fourth-order valence-electron chi connectivity index (χ4n) is 1.37. The molecule has 0 aromatic heterocycles. The molecule has 0 aromatic carbocycles. The van der Waals surface area contributed by atoms with Crippen LogP contribution in [0.3, 0.4) is 0 Å². The quantitative estimate of drug-likeness (QED) is 0.257. The van der Waals surface area contributed by atoms with E-state index in [1.807, 2.05) is 0 Å². The van der Waals surface area contributed by atoms with Crippen molar-refractivity contribution in [3.8, 4) is 0 Å². The summed E-state index contributed by atoms with van der Waals surface area (Å²) in [6.45, 7) is 2.81. The zero-order valence-corrected chi connectivity index (χ0v) is 8.36. The fourth-order valence-corrected chi connectivity index (χ4v) is 1.37. The average molecular weight is 199 g/mol. The molecule has 4 N–H and O–H groups in total. The van der Waals surface area contributed by atoms with Gasteiger partial charge in [0.2, 0.25) is 5.91 Å². The molecule has 0 aromatic rings. The van der Waals surface area contributed by atoms with Crippen molar-refractivity contribution in [3.05, 3.63) is 0 Å². The van der Waals surface area contributed by atoms with Crippen LogP contribution < -0.4 is 11.1 Å². The van der Waals surface area contributed by atoms with E-state index in [2.05, 4.69) is 17.4 Å². The zero-order valence-electron chi connectivity index (χ0n) is 8.36. The molecule has 5 heteroatoms. The number of hydrogen-bond donors (Lipinski definition) is 3. The van der Waals surface area contributed by atoms with Crippen LogP contribution in [0.15, 0.2) is 5.16 Å². The predicted molar refractivity (Wildman–Crippen MR) is 52.9 cm³/mol. The number of amidine groups is 1. The lowest BCUT2D eigenvalue weighted by molar-refractivity contribution is -0.120. The number of rotatable bonds is 5. The van der Waals surface area contributed by atoms with Gasteiger partial charge in [0.1, 0.15) is 5.84 Å². The van der Waals surface area contributed by atoms with Gasteiger partial charge >= 0.3 is 0 Å². The van der Waals surface area contributed by atoms with Gasteiger partial charge in [-0.1, -0.05) is 12.1 Å². The lowest BCUT2D eigenvalue weighted by Gasteiger charge is -2.10. The predicted octanol–water partition coefficient (Wildman–Crippen LogP) is 0.285. The summed E-state index contributed by atoms with van der Waals surface area (Å²) in [5.74, 6) is 1.07. The van der Waals surface area contributed by atoms with Crippen molar-refractivity contribution in [2.75, 3.05) is 6.54 Å². The van der Waals surface area contributed by atoms with Crippen LogP contribution in [0.2, 0.25) is 0 Å². The summed E-state index contributed by atoms with van der Waals surface area (Å²) in [4.78, 5) is 11.2. The Hall–Kier alpha value is -1.26. The van der Waals surface area contributed by atoms with Gasteiger partial charge in [0.15, 0.2) is 0 Å². The molecule has 0 spiro atoms. The van der Waals surface area contributed by atoms with E-state index in [4.69, 9.17) is 10.9 Å². The van der Waals surface area contributed by atoms with E-state index in [1.54, 1.807) is 0 Å². The first-order valence-electron chi connectivity index (χ1n) is 4.86. The summed E-state index contributed by atoms with van der Waals surface area (Å²) >= 11 is 0. The molecule has 0 radical (unpaired) electrons. The van der Waals surface area contributed by atoms with Crippen LogP contribution in [0, 0.1) is 11.8 Å². The number of hydrogen-bond acceptors (Lipinski definition) is 3. The average Bonchev–Trinajstić information content (AvgIpc) is 2.97. The van der Waals surface area contributed by atoms with Crippen LogP contribution in [-0.4, -0.2) is 23.5 Å². The molecule has 0 heterocycles. The van der Waals surface area contributed by atoms with E-state index >= 15 is 0 Å². The van der Waals surface area contributed by atoms with Crippen molar-refractivity contribution in [1.29, 1.82) is 0 Å². The standard InChI is InChI=1S/C9H17N3O2/c1-6(7-2-3-7)5-11-9(13)4-8(10)12-14/h6-7,14H,2-5H2,1H3,(H2,10,12)(H,11,13). The molecule has 1 aliphatic rings. The molecule has 1 unspecified atom stereocenters. The number of amides is 1. The van der Waals surface area contributed by atoms with Crippen LogP contribution in [0.4, 0.5) is 0 Å². The van der Waals surface area contributed by atoms with Crippen molar-refractivity contribution in [1.82, 2.24) is 5.32 Å². The zero-order chi connectivity index (χ0) is 10.6. The SMILES string of the molecule is CC(CNC(=O)CC(N)=NO)C1CC1. The third kappa shape index (κ3) is 3.64. The Kier molecular flexibility index (Phi) is 3.73. The molecule has 1 fully saturated rings. The van der Waals surface area contributed by atoms with Gasteiger partial charge in [0.25, 0.3) is 0 Å². The summed E-state index contributed by atoms with van der Waals surface area (Å²) in [7, 11) is 0. The minimum Gasteiger partial charge on any atom is -0.409 e. The Morgan fingerprint density at radius 3 is 2.86 bits per heavy atom. The normalized spacial score (nSPS) is 19.1. The van der Waals surface area contributed by atoms with Gasteiger partial charge in [-0.25, -0.2) is 0 Å². The van der Waals surface area contributed by atoms with Gasteiger partial charge < -0.3 is 16.3 Å². The Labute approximate surface area is 83.3 Å². The number of oxime groups is 1. The second-order valence-electron chi connectivity index (χ2n) is 3.89. The van der Waals surface area contributed by atoms with E-state index in [0.717, 1.165) is 5.92 Å². The maximum atomic E-state index is 11.2. The largest absolute Gasteiger partial charge is 0.409 e. The van der Waals surface area contributed by atoms with Crippen LogP contribution in [0.5, 0.6) is 0 Å². The Morgan fingerprint density at radius 2 is 2.36 bits per heavy atom.